The van der Waals surface area contributed by atoms with Gasteiger partial charge in [-0.3, -0.25) is 0 Å². The van der Waals surface area contributed by atoms with Gasteiger partial charge in [0.25, 0.3) is 0 Å². The summed E-state index contributed by atoms with van der Waals surface area (Å²) in [5.41, 5.74) is 13.7. The Labute approximate surface area is 194 Å². The molecule has 8 N–H and O–H groups in total. The van der Waals surface area contributed by atoms with Crippen molar-refractivity contribution in [2.45, 2.75) is 12.1 Å². The molecule has 0 saturated carbocycles. The van der Waals surface area contributed by atoms with E-state index in [-0.39, 0.29) is 32.8 Å². The number of rotatable bonds is 11. The van der Waals surface area contributed by atoms with E-state index in [0.717, 1.165) is 0 Å². The van der Waals surface area contributed by atoms with Crippen LogP contribution in [0.5, 0.6) is 0 Å². The fourth-order valence-electron chi connectivity index (χ4n) is 4.00. The molecule has 0 aliphatic heterocycles. The van der Waals surface area contributed by atoms with E-state index in [0.29, 0.717) is 34.3 Å². The fourth-order valence-corrected chi connectivity index (χ4v) is 4.00. The van der Waals surface area contributed by atoms with E-state index in [4.69, 9.17) is 11.5 Å². The van der Waals surface area contributed by atoms with Crippen LogP contribution in [0.3, 0.4) is 0 Å². The molecule has 4 aromatic heterocycles. The number of aliphatic hydroxyl groups excluding tert-OH is 4. The van der Waals surface area contributed by atoms with Gasteiger partial charge in [0.15, 0.2) is 11.3 Å². The molecule has 0 fully saturated rings. The first-order valence-corrected chi connectivity index (χ1v) is 10.7. The first kappa shape index (κ1) is 23.4. The maximum Gasteiger partial charge on any atom is 0.180 e. The lowest BCUT2D eigenvalue weighted by atomic mass is 10.1. The smallest absolute Gasteiger partial charge is 0.180 e. The quantitative estimate of drug-likeness (QED) is 0.140. The number of nitrogens with zero attached hydrogens (tertiary/aromatic N) is 8. The molecule has 0 aliphatic carbocycles. The topological polar surface area (TPSA) is 200 Å². The summed E-state index contributed by atoms with van der Waals surface area (Å²) >= 11 is 0. The Morgan fingerprint density at radius 2 is 1.62 bits per heavy atom. The molecule has 0 spiro atoms. The molecule has 4 rings (SSSR count). The molecule has 182 valence electrons. The van der Waals surface area contributed by atoms with Crippen molar-refractivity contribution in [3.8, 4) is 0 Å². The van der Waals surface area contributed by atoms with Gasteiger partial charge in [-0.1, -0.05) is 0 Å². The Bertz CT molecular complexity index is 1240. The van der Waals surface area contributed by atoms with Crippen molar-refractivity contribution >= 4 is 34.3 Å². The first-order valence-electron chi connectivity index (χ1n) is 10.7. The van der Waals surface area contributed by atoms with Gasteiger partial charge < -0.3 is 41.7 Å². The normalized spacial score (nSPS) is 13.4. The molecule has 34 heavy (non-hydrogen) atoms. The van der Waals surface area contributed by atoms with Gasteiger partial charge in [0, 0.05) is 32.0 Å². The zero-order chi connectivity index (χ0) is 24.2. The van der Waals surface area contributed by atoms with Crippen molar-refractivity contribution in [1.82, 2.24) is 29.2 Å². The Balaban J connectivity index is 1.66. The molecule has 14 heteroatoms. The highest BCUT2D eigenvalue weighted by molar-refractivity contribution is 5.70. The summed E-state index contributed by atoms with van der Waals surface area (Å²) in [5, 5.41) is 49.3. The summed E-state index contributed by atoms with van der Waals surface area (Å²) in [4.78, 5) is 11.9. The SMILES string of the molecule is Nc1cnn2c(N(CCO)CC(O)C(CO)N(CCO)c3cnn4c(N)ccnc34)ccnc12. The summed E-state index contributed by atoms with van der Waals surface area (Å²) in [5.74, 6) is 0.932. The van der Waals surface area contributed by atoms with Gasteiger partial charge in [-0.05, 0) is 12.1 Å². The predicted molar refractivity (Wildman–Crippen MR) is 125 cm³/mol. The molecular formula is C20H28N10O4. The highest BCUT2D eigenvalue weighted by Gasteiger charge is 2.30. The molecule has 2 atom stereocenters. The highest BCUT2D eigenvalue weighted by atomic mass is 16.3. The third-order valence-corrected chi connectivity index (χ3v) is 5.60. The van der Waals surface area contributed by atoms with Crippen molar-refractivity contribution in [2.24, 2.45) is 0 Å². The molecule has 0 aromatic carbocycles. The highest BCUT2D eigenvalue weighted by Crippen LogP contribution is 2.25. The number of aromatic nitrogens is 6. The predicted octanol–water partition coefficient (Wildman–Crippen LogP) is -2.04. The van der Waals surface area contributed by atoms with E-state index in [2.05, 4.69) is 20.2 Å². The standard InChI is InChI=1S/C20H28N10O4/c21-13-9-25-30-18(2-4-23-19(13)30)27(5-7-31)11-16(34)15(12-33)28(6-8-32)14-10-26-29-17(22)1-3-24-20(14)29/h1-4,9-10,15-16,31-34H,5-8,11-12,21-22H2. The van der Waals surface area contributed by atoms with Crippen LogP contribution in [0, 0.1) is 0 Å². The number of aliphatic hydroxyl groups is 4. The van der Waals surface area contributed by atoms with Crippen molar-refractivity contribution in [3.63, 3.8) is 0 Å². The van der Waals surface area contributed by atoms with Crippen LogP contribution in [-0.4, -0.2) is 101 Å². The van der Waals surface area contributed by atoms with Gasteiger partial charge in [0.1, 0.15) is 17.3 Å². The summed E-state index contributed by atoms with van der Waals surface area (Å²) in [7, 11) is 0. The van der Waals surface area contributed by atoms with E-state index < -0.39 is 18.8 Å². The maximum absolute atomic E-state index is 11.2. The molecule has 0 amide bonds. The van der Waals surface area contributed by atoms with Crippen LogP contribution in [0.1, 0.15) is 0 Å². The molecule has 0 saturated heterocycles. The second-order valence-corrected chi connectivity index (χ2v) is 7.68. The van der Waals surface area contributed by atoms with Crippen LogP contribution >= 0.6 is 0 Å². The van der Waals surface area contributed by atoms with Crippen LogP contribution < -0.4 is 21.3 Å². The van der Waals surface area contributed by atoms with Gasteiger partial charge >= 0.3 is 0 Å². The minimum atomic E-state index is -1.12. The number of anilines is 4. The van der Waals surface area contributed by atoms with Crippen LogP contribution in [0.25, 0.3) is 11.3 Å². The van der Waals surface area contributed by atoms with Gasteiger partial charge in [-0.25, -0.2) is 9.97 Å². The van der Waals surface area contributed by atoms with E-state index in [9.17, 15) is 20.4 Å². The van der Waals surface area contributed by atoms with Crippen LogP contribution in [0.4, 0.5) is 23.0 Å². The van der Waals surface area contributed by atoms with Crippen molar-refractivity contribution in [3.05, 3.63) is 36.9 Å². The molecule has 14 nitrogen and oxygen atoms in total. The zero-order valence-corrected chi connectivity index (χ0v) is 18.4. The van der Waals surface area contributed by atoms with Gasteiger partial charge in [-0.15, -0.1) is 0 Å². The van der Waals surface area contributed by atoms with E-state index in [1.807, 2.05) is 0 Å². The molecule has 0 radical (unpaired) electrons. The van der Waals surface area contributed by atoms with Crippen molar-refractivity contribution in [1.29, 1.82) is 0 Å². The average molecular weight is 473 g/mol. The second kappa shape index (κ2) is 10.0. The molecule has 0 bridgehead atoms. The van der Waals surface area contributed by atoms with Crippen LogP contribution in [-0.2, 0) is 0 Å². The summed E-state index contributed by atoms with van der Waals surface area (Å²) < 4.78 is 2.96. The minimum Gasteiger partial charge on any atom is -0.395 e. The second-order valence-electron chi connectivity index (χ2n) is 7.68. The fraction of sp³-hybridized carbons (Fsp3) is 0.400. The Morgan fingerprint density at radius 1 is 0.912 bits per heavy atom. The average Bonchev–Trinajstić information content (AvgIpc) is 3.43. The largest absolute Gasteiger partial charge is 0.395 e. The van der Waals surface area contributed by atoms with Gasteiger partial charge in [0.2, 0.25) is 0 Å². The molecule has 4 aromatic rings. The Hall–Kier alpha value is -3.72. The van der Waals surface area contributed by atoms with E-state index >= 15 is 0 Å². The summed E-state index contributed by atoms with van der Waals surface area (Å²) in [6.45, 7) is -0.525. The number of fused-ring (bicyclic) bond motifs is 2. The Morgan fingerprint density at radius 3 is 2.35 bits per heavy atom. The first-order chi connectivity index (χ1) is 16.5. The number of nitrogen functional groups attached to an aromatic ring is 2. The third-order valence-electron chi connectivity index (χ3n) is 5.60. The van der Waals surface area contributed by atoms with Crippen molar-refractivity contribution < 1.29 is 20.4 Å². The maximum atomic E-state index is 11.2. The summed E-state index contributed by atoms with van der Waals surface area (Å²) in [6, 6.07) is 2.46. The van der Waals surface area contributed by atoms with Crippen molar-refractivity contribution in [2.75, 3.05) is 60.7 Å². The lowest BCUT2D eigenvalue weighted by Gasteiger charge is -2.36. The van der Waals surface area contributed by atoms with Crippen LogP contribution in [0.2, 0.25) is 0 Å². The lowest BCUT2D eigenvalue weighted by molar-refractivity contribution is 0.105. The number of nitrogens with two attached hydrogens (primary N) is 2. The summed E-state index contributed by atoms with van der Waals surface area (Å²) in [6.07, 6.45) is 4.98. The molecule has 4 heterocycles. The zero-order valence-electron chi connectivity index (χ0n) is 18.4. The lowest BCUT2D eigenvalue weighted by Crippen LogP contribution is -2.52. The third kappa shape index (κ3) is 4.26. The molecule has 2 unspecified atom stereocenters. The molecular weight excluding hydrogens is 444 g/mol. The van der Waals surface area contributed by atoms with Gasteiger partial charge in [0.05, 0.1) is 50.0 Å². The minimum absolute atomic E-state index is 0.0291. The van der Waals surface area contributed by atoms with E-state index in [1.165, 1.54) is 27.6 Å². The number of hydrogen-bond acceptors (Lipinski definition) is 12. The van der Waals surface area contributed by atoms with E-state index in [1.54, 1.807) is 28.1 Å². The van der Waals surface area contributed by atoms with Crippen LogP contribution in [0.15, 0.2) is 36.9 Å². The van der Waals surface area contributed by atoms with Gasteiger partial charge in [-0.2, -0.15) is 19.2 Å². The monoisotopic (exact) mass is 472 g/mol. The molecule has 0 aliphatic rings. The number of hydrogen-bond donors (Lipinski definition) is 6. The Kier molecular flexibility index (Phi) is 6.93.